The van der Waals surface area contributed by atoms with Gasteiger partial charge in [0.1, 0.15) is 4.83 Å². The van der Waals surface area contributed by atoms with Crippen molar-refractivity contribution in [1.29, 1.82) is 0 Å². The maximum atomic E-state index is 12.9. The van der Waals surface area contributed by atoms with Gasteiger partial charge in [-0.05, 0) is 30.7 Å². The van der Waals surface area contributed by atoms with Crippen molar-refractivity contribution in [3.8, 4) is 0 Å². The number of fused-ring (bicyclic) bond motifs is 3. The van der Waals surface area contributed by atoms with Crippen molar-refractivity contribution in [2.75, 3.05) is 0 Å². The average Bonchev–Trinajstić information content (AvgIpc) is 3.14. The number of aryl methyl sites for hydroxylation is 1. The molecule has 0 saturated heterocycles. The highest BCUT2D eigenvalue weighted by atomic mass is 32.1. The van der Waals surface area contributed by atoms with Crippen molar-refractivity contribution in [1.82, 2.24) is 19.7 Å². The Morgan fingerprint density at radius 1 is 1.46 bits per heavy atom. The van der Waals surface area contributed by atoms with E-state index < -0.39 is 0 Å². The minimum absolute atomic E-state index is 0.00273. The molecule has 0 bridgehead atoms. The third kappa shape index (κ3) is 2.56. The van der Waals surface area contributed by atoms with E-state index >= 15 is 0 Å². The zero-order chi connectivity index (χ0) is 16.8. The molecule has 0 spiro atoms. The molecule has 1 unspecified atom stereocenters. The predicted molar refractivity (Wildman–Crippen MR) is 92.6 cm³/mol. The van der Waals surface area contributed by atoms with Gasteiger partial charge in [-0.3, -0.25) is 9.36 Å². The minimum atomic E-state index is 0.00273. The van der Waals surface area contributed by atoms with E-state index in [-0.39, 0.29) is 11.5 Å². The van der Waals surface area contributed by atoms with E-state index in [1.54, 1.807) is 22.2 Å². The third-order valence-electron chi connectivity index (χ3n) is 4.57. The first-order valence-electron chi connectivity index (χ1n) is 8.35. The first-order chi connectivity index (χ1) is 11.5. The van der Waals surface area contributed by atoms with Crippen LogP contribution < -0.4 is 5.56 Å². The van der Waals surface area contributed by atoms with Crippen LogP contribution in [0.1, 0.15) is 55.3 Å². The van der Waals surface area contributed by atoms with Crippen LogP contribution in [-0.2, 0) is 19.4 Å². The van der Waals surface area contributed by atoms with E-state index in [2.05, 4.69) is 22.0 Å². The van der Waals surface area contributed by atoms with E-state index in [0.717, 1.165) is 29.5 Å². The van der Waals surface area contributed by atoms with Gasteiger partial charge in [0.05, 0.1) is 18.3 Å². The summed E-state index contributed by atoms with van der Waals surface area (Å²) in [5.41, 5.74) is 1.21. The Balaban J connectivity index is 1.74. The summed E-state index contributed by atoms with van der Waals surface area (Å²) in [6.07, 6.45) is 4.76. The number of rotatable bonds is 3. The monoisotopic (exact) mass is 344 g/mol. The van der Waals surface area contributed by atoms with E-state index in [0.29, 0.717) is 24.2 Å². The summed E-state index contributed by atoms with van der Waals surface area (Å²) in [4.78, 5) is 24.0. The molecule has 126 valence electrons. The van der Waals surface area contributed by atoms with Crippen LogP contribution in [0.2, 0.25) is 0 Å². The molecule has 0 aromatic carbocycles. The number of hydrogen-bond donors (Lipinski definition) is 0. The standard InChI is InChI=1S/C17H20N4O2S/c1-9(2)15-19-13(20-23-15)7-21-8-18-16-14(17(21)22)11-5-4-10(3)6-12(11)24-16/h8-10H,4-7H2,1-3H3. The number of nitrogens with zero attached hydrogens (tertiary/aromatic N) is 4. The van der Waals surface area contributed by atoms with Gasteiger partial charge in [-0.1, -0.05) is 25.9 Å². The third-order valence-corrected chi connectivity index (χ3v) is 5.73. The minimum Gasteiger partial charge on any atom is -0.339 e. The zero-order valence-corrected chi connectivity index (χ0v) is 14.9. The van der Waals surface area contributed by atoms with Crippen LogP contribution in [0.4, 0.5) is 0 Å². The molecule has 1 atom stereocenters. The molecule has 1 aliphatic carbocycles. The quantitative estimate of drug-likeness (QED) is 0.730. The molecule has 0 amide bonds. The Morgan fingerprint density at radius 2 is 2.29 bits per heavy atom. The number of aromatic nitrogens is 4. The summed E-state index contributed by atoms with van der Waals surface area (Å²) in [5, 5.41) is 4.76. The van der Waals surface area contributed by atoms with Gasteiger partial charge in [0.2, 0.25) is 5.89 Å². The van der Waals surface area contributed by atoms with Gasteiger partial charge < -0.3 is 4.52 Å². The van der Waals surface area contributed by atoms with E-state index in [4.69, 9.17) is 4.52 Å². The van der Waals surface area contributed by atoms with Gasteiger partial charge in [-0.2, -0.15) is 4.98 Å². The first kappa shape index (κ1) is 15.5. The Hall–Kier alpha value is -2.02. The van der Waals surface area contributed by atoms with Gasteiger partial charge in [-0.15, -0.1) is 11.3 Å². The summed E-state index contributed by atoms with van der Waals surface area (Å²) in [7, 11) is 0. The van der Waals surface area contributed by atoms with Gasteiger partial charge in [0.25, 0.3) is 5.56 Å². The SMILES string of the molecule is CC1CCc2c(sc3ncn(Cc4noc(C(C)C)n4)c(=O)c23)C1. The molecule has 1 aliphatic rings. The molecule has 3 aromatic heterocycles. The second-order valence-electron chi connectivity index (χ2n) is 6.91. The fourth-order valence-corrected chi connectivity index (χ4v) is 4.54. The molecule has 0 radical (unpaired) electrons. The summed E-state index contributed by atoms with van der Waals surface area (Å²) < 4.78 is 6.80. The molecule has 3 aromatic rings. The lowest BCUT2D eigenvalue weighted by molar-refractivity contribution is 0.359. The van der Waals surface area contributed by atoms with Crippen LogP contribution in [0.15, 0.2) is 15.6 Å². The van der Waals surface area contributed by atoms with Crippen LogP contribution >= 0.6 is 11.3 Å². The molecule has 0 aliphatic heterocycles. The highest BCUT2D eigenvalue weighted by Gasteiger charge is 2.23. The van der Waals surface area contributed by atoms with E-state index in [1.165, 1.54) is 10.4 Å². The second kappa shape index (κ2) is 5.81. The average molecular weight is 344 g/mol. The van der Waals surface area contributed by atoms with Gasteiger partial charge in [0.15, 0.2) is 5.82 Å². The van der Waals surface area contributed by atoms with Gasteiger partial charge in [0, 0.05) is 10.8 Å². The van der Waals surface area contributed by atoms with Crippen molar-refractivity contribution >= 4 is 21.6 Å². The maximum Gasteiger partial charge on any atom is 0.262 e. The van der Waals surface area contributed by atoms with Crippen molar-refractivity contribution < 1.29 is 4.52 Å². The lowest BCUT2D eigenvalue weighted by atomic mass is 9.89. The Kier molecular flexibility index (Phi) is 3.75. The van der Waals surface area contributed by atoms with Crippen LogP contribution in [-0.4, -0.2) is 19.7 Å². The van der Waals surface area contributed by atoms with Crippen LogP contribution in [0.5, 0.6) is 0 Å². The Morgan fingerprint density at radius 3 is 3.04 bits per heavy atom. The molecule has 24 heavy (non-hydrogen) atoms. The topological polar surface area (TPSA) is 73.8 Å². The van der Waals surface area contributed by atoms with Crippen molar-refractivity contribution in [3.63, 3.8) is 0 Å². The van der Waals surface area contributed by atoms with E-state index in [9.17, 15) is 4.79 Å². The molecule has 0 fully saturated rings. The van der Waals surface area contributed by atoms with Crippen molar-refractivity contribution in [2.45, 2.75) is 52.5 Å². The molecule has 4 rings (SSSR count). The largest absolute Gasteiger partial charge is 0.339 e. The maximum absolute atomic E-state index is 12.9. The summed E-state index contributed by atoms with van der Waals surface area (Å²) in [6, 6.07) is 0. The molecule has 3 heterocycles. The summed E-state index contributed by atoms with van der Waals surface area (Å²) in [6.45, 7) is 6.55. The summed E-state index contributed by atoms with van der Waals surface area (Å²) >= 11 is 1.67. The molecular formula is C17H20N4O2S. The molecule has 6 nitrogen and oxygen atoms in total. The normalized spacial score (nSPS) is 17.6. The van der Waals surface area contributed by atoms with Crippen molar-refractivity contribution in [2.24, 2.45) is 5.92 Å². The van der Waals surface area contributed by atoms with Crippen LogP contribution in [0, 0.1) is 5.92 Å². The van der Waals surface area contributed by atoms with Gasteiger partial charge in [-0.25, -0.2) is 4.98 Å². The molecule has 0 saturated carbocycles. The predicted octanol–water partition coefficient (Wildman–Crippen LogP) is 3.14. The van der Waals surface area contributed by atoms with Crippen LogP contribution in [0.25, 0.3) is 10.2 Å². The van der Waals surface area contributed by atoms with Crippen LogP contribution in [0.3, 0.4) is 0 Å². The highest BCUT2D eigenvalue weighted by molar-refractivity contribution is 7.18. The zero-order valence-electron chi connectivity index (χ0n) is 14.1. The first-order valence-corrected chi connectivity index (χ1v) is 9.16. The summed E-state index contributed by atoms with van der Waals surface area (Å²) in [5.74, 6) is 1.96. The number of hydrogen-bond acceptors (Lipinski definition) is 6. The van der Waals surface area contributed by atoms with E-state index in [1.807, 2.05) is 13.8 Å². The van der Waals surface area contributed by atoms with Crippen molar-refractivity contribution in [3.05, 3.63) is 38.8 Å². The fourth-order valence-electron chi connectivity index (χ4n) is 3.20. The molecule has 0 N–H and O–H groups in total. The lowest BCUT2D eigenvalue weighted by Gasteiger charge is -2.17. The lowest BCUT2D eigenvalue weighted by Crippen LogP contribution is -2.22. The Labute approximate surface area is 143 Å². The second-order valence-corrected chi connectivity index (χ2v) is 8.00. The highest BCUT2D eigenvalue weighted by Crippen LogP contribution is 2.35. The molecular weight excluding hydrogens is 324 g/mol. The molecule has 7 heteroatoms. The van der Waals surface area contributed by atoms with Gasteiger partial charge >= 0.3 is 0 Å². The Bertz CT molecular complexity index is 953. The smallest absolute Gasteiger partial charge is 0.262 e. The fraction of sp³-hybridized carbons (Fsp3) is 0.529. The number of thiophene rings is 1.